The van der Waals surface area contributed by atoms with E-state index in [0.717, 1.165) is 56.5 Å². The fourth-order valence-electron chi connectivity index (χ4n) is 3.80. The molecule has 2 fully saturated rings. The number of rotatable bonds is 8. The first kappa shape index (κ1) is 19.8. The maximum absolute atomic E-state index is 6.04. The highest BCUT2D eigenvalue weighted by Gasteiger charge is 2.40. The van der Waals surface area contributed by atoms with Crippen LogP contribution in [0.25, 0.3) is 0 Å². The third-order valence-electron chi connectivity index (χ3n) is 5.17. The van der Waals surface area contributed by atoms with Gasteiger partial charge < -0.3 is 19.5 Å². The normalized spacial score (nSPS) is 24.2. The van der Waals surface area contributed by atoms with Gasteiger partial charge in [0.2, 0.25) is 0 Å². The fraction of sp³-hybridized carbons (Fsp3) is 0.700. The molecular formula is C20H32N2O3S. The second kappa shape index (κ2) is 9.31. The third kappa shape index (κ3) is 4.66. The summed E-state index contributed by atoms with van der Waals surface area (Å²) in [4.78, 5) is 2.64. The minimum Gasteiger partial charge on any atom is -0.493 e. The number of hydrogen-bond acceptors (Lipinski definition) is 6. The van der Waals surface area contributed by atoms with Crippen molar-refractivity contribution in [3.05, 3.63) is 23.8 Å². The SMILES string of the molecule is COc1cccc(CNCC2(N3CCOCC3)CCSC2)c1OC(C)C. The molecule has 1 unspecified atom stereocenters. The topological polar surface area (TPSA) is 43.0 Å². The predicted molar refractivity (Wildman–Crippen MR) is 108 cm³/mol. The van der Waals surface area contributed by atoms with E-state index in [9.17, 15) is 0 Å². The number of morpholine rings is 1. The summed E-state index contributed by atoms with van der Waals surface area (Å²) in [7, 11) is 1.70. The van der Waals surface area contributed by atoms with E-state index in [1.165, 1.54) is 17.9 Å². The van der Waals surface area contributed by atoms with Crippen LogP contribution in [0.5, 0.6) is 11.5 Å². The van der Waals surface area contributed by atoms with Crippen molar-refractivity contribution in [2.45, 2.75) is 38.5 Å². The molecule has 2 aliphatic heterocycles. The zero-order chi connectivity index (χ0) is 18.4. The molecule has 0 aromatic heterocycles. The van der Waals surface area contributed by atoms with Crippen LogP contribution in [-0.4, -0.2) is 68.0 Å². The van der Waals surface area contributed by atoms with Gasteiger partial charge in [0, 0.05) is 43.0 Å². The highest BCUT2D eigenvalue weighted by Crippen LogP contribution is 2.35. The molecule has 0 spiro atoms. The molecule has 1 aromatic rings. The Morgan fingerprint density at radius 3 is 2.77 bits per heavy atom. The van der Waals surface area contributed by atoms with Gasteiger partial charge in [-0.2, -0.15) is 11.8 Å². The van der Waals surface area contributed by atoms with Crippen molar-refractivity contribution < 1.29 is 14.2 Å². The van der Waals surface area contributed by atoms with Crippen LogP contribution in [0.1, 0.15) is 25.8 Å². The van der Waals surface area contributed by atoms with E-state index in [1.54, 1.807) is 7.11 Å². The highest BCUT2D eigenvalue weighted by atomic mass is 32.2. The van der Waals surface area contributed by atoms with Crippen LogP contribution in [0.4, 0.5) is 0 Å². The smallest absolute Gasteiger partial charge is 0.166 e. The molecule has 0 aliphatic carbocycles. The van der Waals surface area contributed by atoms with Crippen molar-refractivity contribution in [3.63, 3.8) is 0 Å². The van der Waals surface area contributed by atoms with Gasteiger partial charge in [-0.3, -0.25) is 4.90 Å². The average Bonchev–Trinajstić information content (AvgIpc) is 3.13. The monoisotopic (exact) mass is 380 g/mol. The van der Waals surface area contributed by atoms with E-state index in [-0.39, 0.29) is 11.6 Å². The van der Waals surface area contributed by atoms with Gasteiger partial charge in [-0.25, -0.2) is 0 Å². The summed E-state index contributed by atoms with van der Waals surface area (Å²) in [6.45, 7) is 9.68. The summed E-state index contributed by atoms with van der Waals surface area (Å²) in [6.07, 6.45) is 1.37. The molecule has 5 nitrogen and oxygen atoms in total. The standard InChI is InChI=1S/C20H32N2O3S/c1-16(2)25-19-17(5-4-6-18(19)23-3)13-21-14-20(7-12-26-15-20)22-8-10-24-11-9-22/h4-6,16,21H,7-15H2,1-3H3. The Hall–Kier alpha value is -0.950. The Bertz CT molecular complexity index is 570. The molecule has 146 valence electrons. The molecule has 0 saturated carbocycles. The Morgan fingerprint density at radius 1 is 1.31 bits per heavy atom. The van der Waals surface area contributed by atoms with Gasteiger partial charge in [-0.15, -0.1) is 0 Å². The molecule has 1 N–H and O–H groups in total. The van der Waals surface area contributed by atoms with E-state index in [0.29, 0.717) is 0 Å². The van der Waals surface area contributed by atoms with Crippen molar-refractivity contribution in [2.75, 3.05) is 51.5 Å². The molecule has 2 heterocycles. The average molecular weight is 381 g/mol. The van der Waals surface area contributed by atoms with E-state index in [4.69, 9.17) is 14.2 Å². The van der Waals surface area contributed by atoms with Gasteiger partial charge in [0.25, 0.3) is 0 Å². The van der Waals surface area contributed by atoms with Gasteiger partial charge in [0.15, 0.2) is 11.5 Å². The lowest BCUT2D eigenvalue weighted by Crippen LogP contribution is -2.58. The molecule has 2 saturated heterocycles. The van der Waals surface area contributed by atoms with Gasteiger partial charge in [-0.05, 0) is 32.1 Å². The first-order valence-electron chi connectivity index (χ1n) is 9.58. The first-order chi connectivity index (χ1) is 12.6. The second-order valence-corrected chi connectivity index (χ2v) is 8.45. The van der Waals surface area contributed by atoms with Gasteiger partial charge in [-0.1, -0.05) is 12.1 Å². The van der Waals surface area contributed by atoms with E-state index < -0.39 is 0 Å². The number of hydrogen-bond donors (Lipinski definition) is 1. The second-order valence-electron chi connectivity index (χ2n) is 7.35. The summed E-state index contributed by atoms with van der Waals surface area (Å²) in [6, 6.07) is 6.12. The molecule has 1 aromatic carbocycles. The number of para-hydroxylation sites is 1. The van der Waals surface area contributed by atoms with Crippen molar-refractivity contribution in [3.8, 4) is 11.5 Å². The minimum atomic E-state index is 0.121. The zero-order valence-electron chi connectivity index (χ0n) is 16.3. The van der Waals surface area contributed by atoms with Crippen molar-refractivity contribution in [2.24, 2.45) is 0 Å². The number of nitrogens with zero attached hydrogens (tertiary/aromatic N) is 1. The number of ether oxygens (including phenoxy) is 3. The molecule has 26 heavy (non-hydrogen) atoms. The molecular weight excluding hydrogens is 348 g/mol. The predicted octanol–water partition coefficient (Wildman–Crippen LogP) is 2.78. The van der Waals surface area contributed by atoms with Gasteiger partial charge >= 0.3 is 0 Å². The molecule has 6 heteroatoms. The van der Waals surface area contributed by atoms with Crippen LogP contribution in [-0.2, 0) is 11.3 Å². The summed E-state index contributed by atoms with van der Waals surface area (Å²) >= 11 is 2.07. The molecule has 1 atom stereocenters. The Morgan fingerprint density at radius 2 is 2.12 bits per heavy atom. The van der Waals surface area contributed by atoms with Crippen LogP contribution >= 0.6 is 11.8 Å². The Labute approximate surface area is 161 Å². The van der Waals surface area contributed by atoms with Gasteiger partial charge in [0.05, 0.1) is 26.4 Å². The highest BCUT2D eigenvalue weighted by molar-refractivity contribution is 7.99. The molecule has 0 bridgehead atoms. The van der Waals surface area contributed by atoms with E-state index in [2.05, 4.69) is 28.0 Å². The molecule has 0 radical (unpaired) electrons. The maximum Gasteiger partial charge on any atom is 0.166 e. The molecule has 3 rings (SSSR count). The van der Waals surface area contributed by atoms with E-state index >= 15 is 0 Å². The van der Waals surface area contributed by atoms with Crippen LogP contribution in [0.3, 0.4) is 0 Å². The zero-order valence-corrected chi connectivity index (χ0v) is 17.1. The lowest BCUT2D eigenvalue weighted by atomic mass is 9.95. The third-order valence-corrected chi connectivity index (χ3v) is 6.40. The van der Waals surface area contributed by atoms with E-state index in [1.807, 2.05) is 26.0 Å². The van der Waals surface area contributed by atoms with Crippen LogP contribution in [0, 0.1) is 0 Å². The summed E-state index contributed by atoms with van der Waals surface area (Å²) in [5.41, 5.74) is 1.41. The number of thioether (sulfide) groups is 1. The largest absolute Gasteiger partial charge is 0.493 e. The number of benzene rings is 1. The quantitative estimate of drug-likeness (QED) is 0.748. The minimum absolute atomic E-state index is 0.121. The van der Waals surface area contributed by atoms with Crippen LogP contribution in [0.2, 0.25) is 0 Å². The molecule has 0 amide bonds. The van der Waals surface area contributed by atoms with Crippen molar-refractivity contribution >= 4 is 11.8 Å². The van der Waals surface area contributed by atoms with Gasteiger partial charge in [0.1, 0.15) is 0 Å². The lowest BCUT2D eigenvalue weighted by molar-refractivity contribution is -0.0134. The maximum atomic E-state index is 6.04. The van der Waals surface area contributed by atoms with Crippen LogP contribution < -0.4 is 14.8 Å². The number of methoxy groups -OCH3 is 1. The number of nitrogens with one attached hydrogen (secondary N) is 1. The Balaban J connectivity index is 1.66. The first-order valence-corrected chi connectivity index (χ1v) is 10.7. The summed E-state index contributed by atoms with van der Waals surface area (Å²) in [5.74, 6) is 4.11. The van der Waals surface area contributed by atoms with Crippen molar-refractivity contribution in [1.82, 2.24) is 10.2 Å². The van der Waals surface area contributed by atoms with Crippen LogP contribution in [0.15, 0.2) is 18.2 Å². The fourth-order valence-corrected chi connectivity index (χ4v) is 5.27. The Kier molecular flexibility index (Phi) is 7.09. The molecule has 2 aliphatic rings. The lowest BCUT2D eigenvalue weighted by Gasteiger charge is -2.43. The summed E-state index contributed by atoms with van der Waals surface area (Å²) in [5, 5.41) is 3.72. The van der Waals surface area contributed by atoms with Crippen molar-refractivity contribution in [1.29, 1.82) is 0 Å². The summed E-state index contributed by atoms with van der Waals surface area (Å²) < 4.78 is 17.1.